The molecule has 0 atom stereocenters. The molecule has 0 heterocycles. The maximum atomic E-state index is 2.39. The highest BCUT2D eigenvalue weighted by atomic mass is 14.2. The van der Waals surface area contributed by atoms with Crippen LogP contribution in [0, 0.1) is 0 Å². The molecular formula is C13H14. The lowest BCUT2D eigenvalue weighted by Gasteiger charge is -2.05. The van der Waals surface area contributed by atoms with Crippen LogP contribution < -0.4 is 0 Å². The van der Waals surface area contributed by atoms with E-state index in [9.17, 15) is 0 Å². The van der Waals surface area contributed by atoms with Crippen molar-refractivity contribution in [3.8, 4) is 0 Å². The highest BCUT2D eigenvalue weighted by Crippen LogP contribution is 2.34. The van der Waals surface area contributed by atoms with Crippen LogP contribution in [0.1, 0.15) is 35.6 Å². The third-order valence-corrected chi connectivity index (χ3v) is 3.28. The number of allylic oxidation sites excluding steroid dienone is 1. The van der Waals surface area contributed by atoms with Crippen molar-refractivity contribution in [1.82, 2.24) is 0 Å². The van der Waals surface area contributed by atoms with Crippen molar-refractivity contribution in [2.24, 2.45) is 0 Å². The molecular weight excluding hydrogens is 156 g/mol. The predicted octanol–water partition coefficient (Wildman–Crippen LogP) is 3.13. The standard InChI is InChI=1S/C13H14/c1-9-7-11-6-5-10-3-2-4-12(10)13(11)8-9/h5-6,8H,2-4,7H2,1H3. The summed E-state index contributed by atoms with van der Waals surface area (Å²) in [7, 11) is 0. The molecule has 66 valence electrons. The SMILES string of the molecule is CC1=Cc2c(ccc3c2CCC3)C1. The van der Waals surface area contributed by atoms with Crippen molar-refractivity contribution in [2.75, 3.05) is 0 Å². The van der Waals surface area contributed by atoms with Crippen molar-refractivity contribution < 1.29 is 0 Å². The van der Waals surface area contributed by atoms with Gasteiger partial charge >= 0.3 is 0 Å². The molecule has 0 N–H and O–H groups in total. The molecule has 0 heteroatoms. The number of hydrogen-bond donors (Lipinski definition) is 0. The lowest BCUT2D eigenvalue weighted by Crippen LogP contribution is -1.90. The van der Waals surface area contributed by atoms with E-state index in [4.69, 9.17) is 0 Å². The Morgan fingerprint density at radius 1 is 1.08 bits per heavy atom. The van der Waals surface area contributed by atoms with E-state index in [1.165, 1.54) is 31.3 Å². The van der Waals surface area contributed by atoms with Gasteiger partial charge in [0, 0.05) is 0 Å². The second-order valence-electron chi connectivity index (χ2n) is 4.30. The molecule has 2 aliphatic carbocycles. The number of benzene rings is 1. The summed E-state index contributed by atoms with van der Waals surface area (Å²) in [4.78, 5) is 0. The van der Waals surface area contributed by atoms with Crippen molar-refractivity contribution in [3.63, 3.8) is 0 Å². The highest BCUT2D eigenvalue weighted by Gasteiger charge is 2.19. The molecule has 1 aromatic carbocycles. The highest BCUT2D eigenvalue weighted by molar-refractivity contribution is 5.68. The minimum absolute atomic E-state index is 1.18. The van der Waals surface area contributed by atoms with Crippen molar-refractivity contribution in [1.29, 1.82) is 0 Å². The molecule has 0 radical (unpaired) electrons. The lowest BCUT2D eigenvalue weighted by molar-refractivity contribution is 0.911. The Bertz CT molecular complexity index is 397. The van der Waals surface area contributed by atoms with Crippen LogP contribution in [0.25, 0.3) is 6.08 Å². The summed E-state index contributed by atoms with van der Waals surface area (Å²) in [6.45, 7) is 2.24. The van der Waals surface area contributed by atoms with E-state index < -0.39 is 0 Å². The van der Waals surface area contributed by atoms with Crippen molar-refractivity contribution in [2.45, 2.75) is 32.6 Å². The summed E-state index contributed by atoms with van der Waals surface area (Å²) in [5.74, 6) is 0. The fourth-order valence-corrected chi connectivity index (χ4v) is 2.68. The molecule has 0 aliphatic heterocycles. The molecule has 13 heavy (non-hydrogen) atoms. The number of rotatable bonds is 0. The average Bonchev–Trinajstić information content (AvgIpc) is 2.65. The van der Waals surface area contributed by atoms with Gasteiger partial charge in [-0.25, -0.2) is 0 Å². The first-order valence-corrected chi connectivity index (χ1v) is 5.15. The van der Waals surface area contributed by atoms with Gasteiger partial charge in [-0.1, -0.05) is 23.8 Å². The van der Waals surface area contributed by atoms with Gasteiger partial charge in [0.1, 0.15) is 0 Å². The fraction of sp³-hybridized carbons (Fsp3) is 0.385. The maximum Gasteiger partial charge on any atom is -0.00605 e. The molecule has 0 amide bonds. The first-order chi connectivity index (χ1) is 6.34. The smallest absolute Gasteiger partial charge is 0.00605 e. The Labute approximate surface area is 79.3 Å². The van der Waals surface area contributed by atoms with Crippen molar-refractivity contribution >= 4 is 6.08 Å². The Kier molecular flexibility index (Phi) is 1.40. The number of hydrogen-bond acceptors (Lipinski definition) is 0. The largest absolute Gasteiger partial charge is 0.0683 e. The minimum Gasteiger partial charge on any atom is -0.0683 e. The summed E-state index contributed by atoms with van der Waals surface area (Å²) < 4.78 is 0. The maximum absolute atomic E-state index is 2.39. The zero-order valence-corrected chi connectivity index (χ0v) is 8.06. The third kappa shape index (κ3) is 0.980. The first-order valence-electron chi connectivity index (χ1n) is 5.15. The lowest BCUT2D eigenvalue weighted by atomic mass is 10.00. The van der Waals surface area contributed by atoms with E-state index in [0.717, 1.165) is 0 Å². The van der Waals surface area contributed by atoms with Gasteiger partial charge in [0.05, 0.1) is 0 Å². The van der Waals surface area contributed by atoms with E-state index in [2.05, 4.69) is 25.1 Å². The molecule has 0 saturated carbocycles. The second-order valence-corrected chi connectivity index (χ2v) is 4.30. The summed E-state index contributed by atoms with van der Waals surface area (Å²) in [5, 5.41) is 0. The van der Waals surface area contributed by atoms with Crippen LogP contribution in [0.5, 0.6) is 0 Å². The number of aryl methyl sites for hydroxylation is 1. The zero-order valence-electron chi connectivity index (χ0n) is 8.06. The Hall–Kier alpha value is -1.04. The molecule has 0 fully saturated rings. The summed E-state index contributed by atoms with van der Waals surface area (Å²) in [5.41, 5.74) is 7.89. The fourth-order valence-electron chi connectivity index (χ4n) is 2.68. The Balaban J connectivity index is 2.25. The van der Waals surface area contributed by atoms with Crippen LogP contribution in [0.2, 0.25) is 0 Å². The van der Waals surface area contributed by atoms with Gasteiger partial charge in [0.15, 0.2) is 0 Å². The van der Waals surface area contributed by atoms with Gasteiger partial charge in [-0.05, 0) is 54.9 Å². The van der Waals surface area contributed by atoms with Crippen molar-refractivity contribution in [3.05, 3.63) is 40.0 Å². The molecule has 0 saturated heterocycles. The normalized spacial score (nSPS) is 18.4. The van der Waals surface area contributed by atoms with Gasteiger partial charge in [-0.3, -0.25) is 0 Å². The Morgan fingerprint density at radius 2 is 1.92 bits per heavy atom. The van der Waals surface area contributed by atoms with Gasteiger partial charge < -0.3 is 0 Å². The van der Waals surface area contributed by atoms with Crippen LogP contribution in [0.4, 0.5) is 0 Å². The van der Waals surface area contributed by atoms with E-state index in [1.807, 2.05) is 0 Å². The molecule has 2 aliphatic rings. The van der Waals surface area contributed by atoms with E-state index in [-0.39, 0.29) is 0 Å². The molecule has 3 rings (SSSR count). The predicted molar refractivity (Wildman–Crippen MR) is 55.8 cm³/mol. The molecule has 0 nitrogen and oxygen atoms in total. The topological polar surface area (TPSA) is 0 Å². The summed E-state index contributed by atoms with van der Waals surface area (Å²) >= 11 is 0. The van der Waals surface area contributed by atoms with Crippen LogP contribution >= 0.6 is 0 Å². The first kappa shape index (κ1) is 7.37. The molecule has 0 unspecified atom stereocenters. The average molecular weight is 170 g/mol. The van der Waals surface area contributed by atoms with Crippen LogP contribution in [0.15, 0.2) is 17.7 Å². The van der Waals surface area contributed by atoms with Crippen LogP contribution in [-0.2, 0) is 19.3 Å². The van der Waals surface area contributed by atoms with E-state index in [1.54, 1.807) is 22.3 Å². The molecule has 0 spiro atoms. The van der Waals surface area contributed by atoms with Gasteiger partial charge in [-0.15, -0.1) is 0 Å². The number of fused-ring (bicyclic) bond motifs is 3. The molecule has 0 aromatic heterocycles. The quantitative estimate of drug-likeness (QED) is 0.561. The summed E-state index contributed by atoms with van der Waals surface area (Å²) in [6, 6.07) is 4.67. The zero-order chi connectivity index (χ0) is 8.84. The second kappa shape index (κ2) is 2.47. The summed E-state index contributed by atoms with van der Waals surface area (Å²) in [6.07, 6.45) is 7.54. The van der Waals surface area contributed by atoms with Gasteiger partial charge in [0.25, 0.3) is 0 Å². The monoisotopic (exact) mass is 170 g/mol. The molecule has 1 aromatic rings. The van der Waals surface area contributed by atoms with Gasteiger partial charge in [0.2, 0.25) is 0 Å². The van der Waals surface area contributed by atoms with E-state index in [0.29, 0.717) is 0 Å². The Morgan fingerprint density at radius 3 is 2.85 bits per heavy atom. The van der Waals surface area contributed by atoms with Gasteiger partial charge in [-0.2, -0.15) is 0 Å². The minimum atomic E-state index is 1.18. The molecule has 0 bridgehead atoms. The van der Waals surface area contributed by atoms with Crippen LogP contribution in [-0.4, -0.2) is 0 Å². The van der Waals surface area contributed by atoms with Crippen LogP contribution in [0.3, 0.4) is 0 Å². The van der Waals surface area contributed by atoms with E-state index >= 15 is 0 Å². The third-order valence-electron chi connectivity index (χ3n) is 3.28.